The third kappa shape index (κ3) is 5.65. The lowest BCUT2D eigenvalue weighted by Crippen LogP contribution is -2.55. The second-order valence-electron chi connectivity index (χ2n) is 7.71. The molecule has 0 bridgehead atoms. The lowest BCUT2D eigenvalue weighted by Gasteiger charge is -2.38. The molecule has 136 valence electrons. The highest BCUT2D eigenvalue weighted by Gasteiger charge is 2.31. The highest BCUT2D eigenvalue weighted by atomic mass is 16.5. The van der Waals surface area contributed by atoms with Crippen molar-refractivity contribution >= 4 is 0 Å². The summed E-state index contributed by atoms with van der Waals surface area (Å²) in [5, 5.41) is 13.9. The van der Waals surface area contributed by atoms with Crippen molar-refractivity contribution in [1.82, 2.24) is 10.2 Å². The maximum atomic E-state index is 10.6. The van der Waals surface area contributed by atoms with Gasteiger partial charge in [-0.15, -0.1) is 0 Å². The molecule has 2 unspecified atom stereocenters. The highest BCUT2D eigenvalue weighted by Crippen LogP contribution is 2.24. The van der Waals surface area contributed by atoms with Gasteiger partial charge in [-0.2, -0.15) is 0 Å². The fourth-order valence-electron chi connectivity index (χ4n) is 2.71. The van der Waals surface area contributed by atoms with Gasteiger partial charge in [-0.05, 0) is 51.0 Å². The molecule has 5 nitrogen and oxygen atoms in total. The van der Waals surface area contributed by atoms with E-state index in [0.29, 0.717) is 0 Å². The normalized spacial score (nSPS) is 19.1. The van der Waals surface area contributed by atoms with E-state index in [-0.39, 0.29) is 17.7 Å². The SMILES string of the molecule is CC(C)C(O)C(Oc1ccc(OC(C)(C)C)cc1)N1CCNCC1. The van der Waals surface area contributed by atoms with Gasteiger partial charge < -0.3 is 19.9 Å². The Morgan fingerprint density at radius 2 is 1.58 bits per heavy atom. The van der Waals surface area contributed by atoms with E-state index in [9.17, 15) is 5.11 Å². The average Bonchev–Trinajstić information content (AvgIpc) is 2.53. The van der Waals surface area contributed by atoms with E-state index < -0.39 is 6.10 Å². The number of piperazine rings is 1. The molecule has 0 aliphatic carbocycles. The topological polar surface area (TPSA) is 54.0 Å². The van der Waals surface area contributed by atoms with Gasteiger partial charge in [0.15, 0.2) is 6.23 Å². The summed E-state index contributed by atoms with van der Waals surface area (Å²) in [5.41, 5.74) is -0.223. The third-order valence-electron chi connectivity index (χ3n) is 3.99. The van der Waals surface area contributed by atoms with Crippen molar-refractivity contribution in [2.75, 3.05) is 26.2 Å². The molecule has 24 heavy (non-hydrogen) atoms. The van der Waals surface area contributed by atoms with E-state index in [4.69, 9.17) is 9.47 Å². The van der Waals surface area contributed by atoms with Gasteiger partial charge in [0.1, 0.15) is 23.2 Å². The number of aliphatic hydroxyl groups excluding tert-OH is 1. The molecule has 1 aliphatic heterocycles. The van der Waals surface area contributed by atoms with Crippen LogP contribution in [0.25, 0.3) is 0 Å². The predicted molar refractivity (Wildman–Crippen MR) is 96.5 cm³/mol. The van der Waals surface area contributed by atoms with Gasteiger partial charge in [0.05, 0.1) is 0 Å². The van der Waals surface area contributed by atoms with Gasteiger partial charge in [0.25, 0.3) is 0 Å². The first kappa shape index (κ1) is 19.0. The first-order valence-corrected chi connectivity index (χ1v) is 8.85. The number of hydrogen-bond donors (Lipinski definition) is 2. The summed E-state index contributed by atoms with van der Waals surface area (Å²) in [7, 11) is 0. The van der Waals surface area contributed by atoms with Crippen molar-refractivity contribution in [3.63, 3.8) is 0 Å². The zero-order chi connectivity index (χ0) is 17.7. The molecular weight excluding hydrogens is 304 g/mol. The van der Waals surface area contributed by atoms with Crippen molar-refractivity contribution < 1.29 is 14.6 Å². The molecule has 0 aromatic heterocycles. The molecule has 1 aromatic rings. The van der Waals surface area contributed by atoms with Crippen LogP contribution >= 0.6 is 0 Å². The van der Waals surface area contributed by atoms with E-state index >= 15 is 0 Å². The fraction of sp³-hybridized carbons (Fsp3) is 0.684. The second kappa shape index (κ2) is 8.19. The second-order valence-corrected chi connectivity index (χ2v) is 7.71. The van der Waals surface area contributed by atoms with E-state index in [1.165, 1.54) is 0 Å². The van der Waals surface area contributed by atoms with Gasteiger partial charge in [-0.1, -0.05) is 13.8 Å². The maximum absolute atomic E-state index is 10.6. The quantitative estimate of drug-likeness (QED) is 0.836. The Balaban J connectivity index is 2.07. The molecule has 2 atom stereocenters. The minimum atomic E-state index is -0.534. The molecule has 2 rings (SSSR count). The van der Waals surface area contributed by atoms with Crippen molar-refractivity contribution in [2.45, 2.75) is 52.6 Å². The van der Waals surface area contributed by atoms with Crippen molar-refractivity contribution in [3.05, 3.63) is 24.3 Å². The van der Waals surface area contributed by atoms with Gasteiger partial charge in [0, 0.05) is 26.2 Å². The molecule has 0 amide bonds. The maximum Gasteiger partial charge on any atom is 0.179 e. The molecule has 0 saturated carbocycles. The molecule has 2 N–H and O–H groups in total. The number of nitrogens with zero attached hydrogens (tertiary/aromatic N) is 1. The number of benzene rings is 1. The molecule has 1 aromatic carbocycles. The molecule has 0 spiro atoms. The number of rotatable bonds is 6. The van der Waals surface area contributed by atoms with Crippen LogP contribution in [0.4, 0.5) is 0 Å². The van der Waals surface area contributed by atoms with Crippen molar-refractivity contribution in [2.24, 2.45) is 5.92 Å². The summed E-state index contributed by atoms with van der Waals surface area (Å²) in [6.07, 6.45) is -0.866. The minimum Gasteiger partial charge on any atom is -0.488 e. The first-order chi connectivity index (χ1) is 11.3. The number of aliphatic hydroxyl groups is 1. The van der Waals surface area contributed by atoms with Crippen LogP contribution in [0.3, 0.4) is 0 Å². The lowest BCUT2D eigenvalue weighted by atomic mass is 10.0. The minimum absolute atomic E-state index is 0.133. The van der Waals surface area contributed by atoms with Crippen LogP contribution in [-0.2, 0) is 0 Å². The Morgan fingerprint density at radius 3 is 2.08 bits per heavy atom. The van der Waals surface area contributed by atoms with E-state index in [0.717, 1.165) is 37.7 Å². The van der Waals surface area contributed by atoms with Crippen LogP contribution in [-0.4, -0.2) is 54.1 Å². The van der Waals surface area contributed by atoms with Crippen LogP contribution in [0.15, 0.2) is 24.3 Å². The largest absolute Gasteiger partial charge is 0.488 e. The Labute approximate surface area is 146 Å². The summed E-state index contributed by atoms with van der Waals surface area (Å²) >= 11 is 0. The summed E-state index contributed by atoms with van der Waals surface area (Å²) in [6, 6.07) is 7.64. The number of nitrogens with one attached hydrogen (secondary N) is 1. The standard InChI is InChI=1S/C19H32N2O3/c1-14(2)17(22)18(21-12-10-20-11-13-21)23-15-6-8-16(9-7-15)24-19(3,4)5/h6-9,14,17-18,20,22H,10-13H2,1-5H3. The van der Waals surface area contributed by atoms with Crippen LogP contribution in [0, 0.1) is 5.92 Å². The van der Waals surface area contributed by atoms with E-state index in [1.807, 2.05) is 58.9 Å². The van der Waals surface area contributed by atoms with Gasteiger partial charge in [-0.3, -0.25) is 4.90 Å². The van der Waals surface area contributed by atoms with Gasteiger partial charge in [0.2, 0.25) is 0 Å². The Bertz CT molecular complexity index is 490. The van der Waals surface area contributed by atoms with E-state index in [2.05, 4.69) is 10.2 Å². The highest BCUT2D eigenvalue weighted by molar-refractivity contribution is 5.31. The molecular formula is C19H32N2O3. The summed E-state index contributed by atoms with van der Waals surface area (Å²) in [6.45, 7) is 13.7. The molecule has 1 saturated heterocycles. The molecule has 0 radical (unpaired) electrons. The smallest absolute Gasteiger partial charge is 0.179 e. The lowest BCUT2D eigenvalue weighted by molar-refractivity contribution is -0.0869. The Morgan fingerprint density at radius 1 is 1.04 bits per heavy atom. The average molecular weight is 336 g/mol. The zero-order valence-corrected chi connectivity index (χ0v) is 15.6. The van der Waals surface area contributed by atoms with Crippen molar-refractivity contribution in [3.8, 4) is 11.5 Å². The van der Waals surface area contributed by atoms with Gasteiger partial charge >= 0.3 is 0 Å². The van der Waals surface area contributed by atoms with Crippen LogP contribution < -0.4 is 14.8 Å². The third-order valence-corrected chi connectivity index (χ3v) is 3.99. The molecule has 1 aliphatic rings. The predicted octanol–water partition coefficient (Wildman–Crippen LogP) is 2.49. The zero-order valence-electron chi connectivity index (χ0n) is 15.6. The van der Waals surface area contributed by atoms with Crippen LogP contribution in [0.1, 0.15) is 34.6 Å². The van der Waals surface area contributed by atoms with Crippen molar-refractivity contribution in [1.29, 1.82) is 0 Å². The Kier molecular flexibility index (Phi) is 6.49. The Hall–Kier alpha value is -1.30. The number of hydrogen-bond acceptors (Lipinski definition) is 5. The molecule has 1 heterocycles. The summed E-state index contributed by atoms with van der Waals surface area (Å²) in [4.78, 5) is 2.21. The summed E-state index contributed by atoms with van der Waals surface area (Å²) in [5.74, 6) is 1.70. The fourth-order valence-corrected chi connectivity index (χ4v) is 2.71. The number of ether oxygens (including phenoxy) is 2. The monoisotopic (exact) mass is 336 g/mol. The van der Waals surface area contributed by atoms with Crippen LogP contribution in [0.5, 0.6) is 11.5 Å². The van der Waals surface area contributed by atoms with Gasteiger partial charge in [-0.25, -0.2) is 0 Å². The first-order valence-electron chi connectivity index (χ1n) is 8.85. The summed E-state index contributed by atoms with van der Waals surface area (Å²) < 4.78 is 12.0. The van der Waals surface area contributed by atoms with Crippen LogP contribution in [0.2, 0.25) is 0 Å². The molecule has 5 heteroatoms. The van der Waals surface area contributed by atoms with E-state index in [1.54, 1.807) is 0 Å². The molecule has 1 fully saturated rings.